The molecule has 0 amide bonds. The quantitative estimate of drug-likeness (QED) is 0.573. The van der Waals surface area contributed by atoms with Gasteiger partial charge < -0.3 is 9.84 Å². The van der Waals surface area contributed by atoms with Crippen molar-refractivity contribution < 1.29 is 18.3 Å². The van der Waals surface area contributed by atoms with Crippen molar-refractivity contribution in [1.82, 2.24) is 4.83 Å². The Balaban J connectivity index is 2.17. The molecule has 2 aromatic rings. The fourth-order valence-electron chi connectivity index (χ4n) is 2.42. The Morgan fingerprint density at radius 1 is 1.19 bits per heavy atom. The van der Waals surface area contributed by atoms with Gasteiger partial charge >= 0.3 is 0 Å². The summed E-state index contributed by atoms with van der Waals surface area (Å²) in [5, 5.41) is 13.6. The van der Waals surface area contributed by atoms with Crippen molar-refractivity contribution >= 4 is 15.7 Å². The number of nitrogens with one attached hydrogen (secondary N) is 1. The molecule has 26 heavy (non-hydrogen) atoms. The van der Waals surface area contributed by atoms with Gasteiger partial charge in [0.15, 0.2) is 11.5 Å². The highest BCUT2D eigenvalue weighted by Gasteiger charge is 2.13. The van der Waals surface area contributed by atoms with E-state index >= 15 is 0 Å². The highest BCUT2D eigenvalue weighted by molar-refractivity contribution is 7.89. The predicted molar refractivity (Wildman–Crippen MR) is 102 cm³/mol. The van der Waals surface area contributed by atoms with E-state index in [1.807, 2.05) is 12.1 Å². The molecule has 140 valence electrons. The average Bonchev–Trinajstić information content (AvgIpc) is 2.60. The maximum absolute atomic E-state index is 12.4. The normalized spacial score (nSPS) is 12.3. The molecule has 0 spiro atoms. The minimum absolute atomic E-state index is 0.00566. The van der Waals surface area contributed by atoms with E-state index in [1.54, 1.807) is 31.2 Å². The third-order valence-electron chi connectivity index (χ3n) is 3.81. The van der Waals surface area contributed by atoms with Gasteiger partial charge in [-0.05, 0) is 55.2 Å². The van der Waals surface area contributed by atoms with Gasteiger partial charge in [0.2, 0.25) is 0 Å². The van der Waals surface area contributed by atoms with Gasteiger partial charge in [-0.25, -0.2) is 0 Å². The summed E-state index contributed by atoms with van der Waals surface area (Å²) in [5.74, 6) is 0.803. The van der Waals surface area contributed by atoms with Crippen LogP contribution >= 0.6 is 0 Å². The lowest BCUT2D eigenvalue weighted by atomic mass is 10.0. The fraction of sp³-hybridized carbons (Fsp3) is 0.316. The minimum atomic E-state index is -3.75. The van der Waals surface area contributed by atoms with E-state index in [0.717, 1.165) is 12.0 Å². The van der Waals surface area contributed by atoms with E-state index in [-0.39, 0.29) is 10.6 Å². The summed E-state index contributed by atoms with van der Waals surface area (Å²) in [6, 6.07) is 11.5. The number of ether oxygens (including phenoxy) is 1. The number of rotatable bonds is 7. The summed E-state index contributed by atoms with van der Waals surface area (Å²) in [7, 11) is -2.31. The second-order valence-electron chi connectivity index (χ2n) is 6.42. The summed E-state index contributed by atoms with van der Waals surface area (Å²) in [6.45, 7) is 5.89. The number of nitrogens with zero attached hydrogens (tertiary/aromatic N) is 1. The van der Waals surface area contributed by atoms with Crippen molar-refractivity contribution in [3.63, 3.8) is 0 Å². The molecule has 0 atom stereocenters. The Kier molecular flexibility index (Phi) is 6.26. The SMILES string of the molecule is COc1cc(/C(C)=N\NS(=O)(=O)c2ccc(CC(C)C)cc2)ccc1O. The third-order valence-corrected chi connectivity index (χ3v) is 5.03. The number of hydrogen-bond donors (Lipinski definition) is 2. The Hall–Kier alpha value is -2.54. The first-order valence-corrected chi connectivity index (χ1v) is 9.73. The van der Waals surface area contributed by atoms with E-state index in [2.05, 4.69) is 23.8 Å². The van der Waals surface area contributed by atoms with E-state index in [9.17, 15) is 13.5 Å². The van der Waals surface area contributed by atoms with Crippen LogP contribution in [0.5, 0.6) is 11.5 Å². The number of phenolic OH excluding ortho intramolecular Hbond substituents is 1. The Labute approximate surface area is 154 Å². The molecule has 0 fully saturated rings. The average molecular weight is 376 g/mol. The monoisotopic (exact) mass is 376 g/mol. The Bertz CT molecular complexity index is 888. The smallest absolute Gasteiger partial charge is 0.276 e. The molecule has 6 nitrogen and oxygen atoms in total. The first-order chi connectivity index (χ1) is 12.2. The van der Waals surface area contributed by atoms with Gasteiger partial charge in [-0.1, -0.05) is 26.0 Å². The Morgan fingerprint density at radius 3 is 2.42 bits per heavy atom. The number of phenols is 1. The summed E-state index contributed by atoms with van der Waals surface area (Å²) >= 11 is 0. The lowest BCUT2D eigenvalue weighted by Crippen LogP contribution is -2.20. The summed E-state index contributed by atoms with van der Waals surface area (Å²) < 4.78 is 29.8. The third kappa shape index (κ3) is 4.98. The number of sulfonamides is 1. The molecule has 0 saturated heterocycles. The molecule has 0 aromatic heterocycles. The van der Waals surface area contributed by atoms with Gasteiger partial charge in [0.25, 0.3) is 10.0 Å². The van der Waals surface area contributed by atoms with Crippen LogP contribution in [0.25, 0.3) is 0 Å². The van der Waals surface area contributed by atoms with Gasteiger partial charge in [-0.15, -0.1) is 0 Å². The molecule has 2 N–H and O–H groups in total. The van der Waals surface area contributed by atoms with Crippen molar-refractivity contribution in [3.05, 3.63) is 53.6 Å². The van der Waals surface area contributed by atoms with Gasteiger partial charge in [0.1, 0.15) is 0 Å². The number of methoxy groups -OCH3 is 1. The van der Waals surface area contributed by atoms with Crippen LogP contribution in [0.15, 0.2) is 52.5 Å². The lowest BCUT2D eigenvalue weighted by Gasteiger charge is -2.09. The van der Waals surface area contributed by atoms with Crippen molar-refractivity contribution in [2.24, 2.45) is 11.0 Å². The summed E-state index contributed by atoms with van der Waals surface area (Å²) in [4.78, 5) is 2.40. The predicted octanol–water partition coefficient (Wildman–Crippen LogP) is 3.30. The molecule has 0 saturated carbocycles. The first kappa shape index (κ1) is 19.8. The van der Waals surface area contributed by atoms with E-state index in [0.29, 0.717) is 22.9 Å². The zero-order chi connectivity index (χ0) is 19.3. The maximum Gasteiger partial charge on any atom is 0.276 e. The van der Waals surface area contributed by atoms with E-state index in [1.165, 1.54) is 13.2 Å². The Morgan fingerprint density at radius 2 is 1.85 bits per heavy atom. The van der Waals surface area contributed by atoms with Crippen LogP contribution < -0.4 is 9.57 Å². The molecule has 2 aromatic carbocycles. The van der Waals surface area contributed by atoms with Gasteiger partial charge in [0, 0.05) is 5.56 Å². The number of aromatic hydroxyl groups is 1. The zero-order valence-electron chi connectivity index (χ0n) is 15.4. The van der Waals surface area contributed by atoms with Crippen LogP contribution in [-0.4, -0.2) is 26.3 Å². The molecule has 7 heteroatoms. The number of hydrazone groups is 1. The van der Waals surface area contributed by atoms with Crippen LogP contribution in [0.4, 0.5) is 0 Å². The standard InChI is InChI=1S/C19H24N2O4S/c1-13(2)11-15-5-8-17(9-6-15)26(23,24)21-20-14(3)16-7-10-18(22)19(12-16)25-4/h5-10,12-13,21-22H,11H2,1-4H3/b20-14-. The lowest BCUT2D eigenvalue weighted by molar-refractivity contribution is 0.373. The van der Waals surface area contributed by atoms with Crippen LogP contribution in [0.2, 0.25) is 0 Å². The van der Waals surface area contributed by atoms with Crippen LogP contribution in [-0.2, 0) is 16.4 Å². The molecule has 2 rings (SSSR count). The number of benzene rings is 2. The fourth-order valence-corrected chi connectivity index (χ4v) is 3.28. The molecular weight excluding hydrogens is 352 g/mol. The van der Waals surface area contributed by atoms with Crippen LogP contribution in [0.1, 0.15) is 31.9 Å². The second-order valence-corrected chi connectivity index (χ2v) is 8.08. The summed E-state index contributed by atoms with van der Waals surface area (Å²) in [5.41, 5.74) is 2.17. The molecule has 0 unspecified atom stereocenters. The maximum atomic E-state index is 12.4. The minimum Gasteiger partial charge on any atom is -0.504 e. The van der Waals surface area contributed by atoms with Crippen molar-refractivity contribution in [2.75, 3.05) is 7.11 Å². The number of hydrogen-bond acceptors (Lipinski definition) is 5. The highest BCUT2D eigenvalue weighted by Crippen LogP contribution is 2.26. The zero-order valence-corrected chi connectivity index (χ0v) is 16.2. The molecular formula is C19H24N2O4S. The molecule has 0 heterocycles. The topological polar surface area (TPSA) is 88.0 Å². The van der Waals surface area contributed by atoms with Crippen molar-refractivity contribution in [1.29, 1.82) is 0 Å². The van der Waals surface area contributed by atoms with E-state index < -0.39 is 10.0 Å². The van der Waals surface area contributed by atoms with E-state index in [4.69, 9.17) is 4.74 Å². The van der Waals surface area contributed by atoms with Gasteiger partial charge in [-0.3, -0.25) is 0 Å². The first-order valence-electron chi connectivity index (χ1n) is 8.25. The van der Waals surface area contributed by atoms with Gasteiger partial charge in [0.05, 0.1) is 17.7 Å². The highest BCUT2D eigenvalue weighted by atomic mass is 32.2. The molecule has 0 aliphatic heterocycles. The molecule has 0 aliphatic rings. The van der Waals surface area contributed by atoms with Crippen LogP contribution in [0, 0.1) is 5.92 Å². The van der Waals surface area contributed by atoms with Crippen LogP contribution in [0.3, 0.4) is 0 Å². The molecule has 0 aliphatic carbocycles. The van der Waals surface area contributed by atoms with Crippen molar-refractivity contribution in [2.45, 2.75) is 32.1 Å². The largest absolute Gasteiger partial charge is 0.504 e. The van der Waals surface area contributed by atoms with Gasteiger partial charge in [-0.2, -0.15) is 18.4 Å². The second kappa shape index (κ2) is 8.23. The summed E-state index contributed by atoms with van der Waals surface area (Å²) in [6.07, 6.45) is 0.897. The van der Waals surface area contributed by atoms with Crippen molar-refractivity contribution in [3.8, 4) is 11.5 Å². The molecule has 0 bridgehead atoms. The molecule has 0 radical (unpaired) electrons.